The van der Waals surface area contributed by atoms with Crippen molar-refractivity contribution in [2.24, 2.45) is 5.92 Å². The number of piperazine rings is 1. The highest BCUT2D eigenvalue weighted by atomic mass is 32.2. The molecule has 0 bridgehead atoms. The first kappa shape index (κ1) is 25.7. The van der Waals surface area contributed by atoms with E-state index in [-0.39, 0.29) is 23.8 Å². The summed E-state index contributed by atoms with van der Waals surface area (Å²) in [5.41, 5.74) is 1.71. The summed E-state index contributed by atoms with van der Waals surface area (Å²) in [5, 5.41) is 14.9. The molecule has 1 unspecified atom stereocenters. The number of nitrogens with one attached hydrogen (secondary N) is 1. The minimum atomic E-state index is -0.866. The highest BCUT2D eigenvalue weighted by Gasteiger charge is 2.33. The number of anilines is 1. The number of methoxy groups -OCH3 is 1. The molecule has 2 fully saturated rings. The lowest BCUT2D eigenvalue weighted by molar-refractivity contribution is -0.134. The van der Waals surface area contributed by atoms with Gasteiger partial charge in [0.05, 0.1) is 17.5 Å². The Morgan fingerprint density at radius 2 is 2.17 bits per heavy atom. The van der Waals surface area contributed by atoms with Crippen LogP contribution >= 0.6 is 23.1 Å². The van der Waals surface area contributed by atoms with Gasteiger partial charge in [-0.25, -0.2) is 4.98 Å². The zero-order valence-electron chi connectivity index (χ0n) is 20.3. The van der Waals surface area contributed by atoms with Crippen LogP contribution in [0, 0.1) is 12.8 Å². The Hall–Kier alpha value is -2.40. The van der Waals surface area contributed by atoms with Crippen LogP contribution < -0.4 is 10.1 Å². The minimum absolute atomic E-state index is 0.00986. The number of ether oxygens (including phenoxy) is 1. The van der Waals surface area contributed by atoms with Crippen molar-refractivity contribution < 1.29 is 19.4 Å². The average molecular weight is 517 g/mol. The summed E-state index contributed by atoms with van der Waals surface area (Å²) < 4.78 is 6.57. The van der Waals surface area contributed by atoms with Gasteiger partial charge in [0, 0.05) is 42.1 Å². The van der Waals surface area contributed by atoms with Crippen molar-refractivity contribution in [3.05, 3.63) is 42.1 Å². The van der Waals surface area contributed by atoms with Crippen LogP contribution in [0.15, 0.2) is 40.1 Å². The molecule has 2 aliphatic rings. The number of amides is 2. The molecular weight excluding hydrogens is 484 g/mol. The van der Waals surface area contributed by atoms with Crippen LogP contribution in [0.4, 0.5) is 5.13 Å². The molecule has 35 heavy (non-hydrogen) atoms. The molecule has 0 spiro atoms. The Kier molecular flexibility index (Phi) is 8.16. The second-order valence-corrected chi connectivity index (χ2v) is 11.2. The van der Waals surface area contributed by atoms with E-state index in [2.05, 4.69) is 16.9 Å². The zero-order chi connectivity index (χ0) is 25.1. The van der Waals surface area contributed by atoms with Gasteiger partial charge < -0.3 is 20.1 Å². The van der Waals surface area contributed by atoms with E-state index in [4.69, 9.17) is 4.74 Å². The number of aliphatic hydroxyl groups excluding tert-OH is 1. The topological polar surface area (TPSA) is 95.0 Å². The number of carbonyl (C=O) groups excluding carboxylic acids is 2. The van der Waals surface area contributed by atoms with Gasteiger partial charge in [0.1, 0.15) is 12.0 Å². The molecule has 2 N–H and O–H groups in total. The number of benzene rings is 1. The fourth-order valence-electron chi connectivity index (χ4n) is 4.25. The van der Waals surface area contributed by atoms with Gasteiger partial charge in [-0.1, -0.05) is 36.6 Å². The van der Waals surface area contributed by atoms with Crippen molar-refractivity contribution in [2.45, 2.75) is 54.5 Å². The third-order valence-corrected chi connectivity index (χ3v) is 8.64. The van der Waals surface area contributed by atoms with Gasteiger partial charge in [-0.05, 0) is 50.0 Å². The molecule has 2 atom stereocenters. The number of aryl methyl sites for hydroxylation is 1. The number of nitrogens with zero attached hydrogens (tertiary/aromatic N) is 3. The molecule has 2 aromatic rings. The zero-order valence-corrected chi connectivity index (χ0v) is 22.0. The largest absolute Gasteiger partial charge is 0.496 e. The van der Waals surface area contributed by atoms with E-state index in [1.165, 1.54) is 17.4 Å². The van der Waals surface area contributed by atoms with E-state index in [0.29, 0.717) is 36.1 Å². The molecule has 188 valence electrons. The Balaban J connectivity index is 1.51. The van der Waals surface area contributed by atoms with Crippen LogP contribution in [0.1, 0.15) is 43.5 Å². The first-order valence-electron chi connectivity index (χ1n) is 11.8. The van der Waals surface area contributed by atoms with Crippen molar-refractivity contribution in [1.29, 1.82) is 0 Å². The third kappa shape index (κ3) is 5.88. The molecule has 1 saturated heterocycles. The van der Waals surface area contributed by atoms with Crippen molar-refractivity contribution in [2.75, 3.05) is 32.1 Å². The van der Waals surface area contributed by atoms with Gasteiger partial charge in [-0.3, -0.25) is 14.5 Å². The average Bonchev–Trinajstić information content (AvgIpc) is 3.64. The molecule has 0 radical (unpaired) electrons. The Bertz CT molecular complexity index is 1100. The van der Waals surface area contributed by atoms with Gasteiger partial charge in [0.15, 0.2) is 5.13 Å². The van der Waals surface area contributed by atoms with Crippen molar-refractivity contribution in [3.63, 3.8) is 0 Å². The second kappa shape index (κ2) is 11.1. The maximum absolute atomic E-state index is 12.2. The summed E-state index contributed by atoms with van der Waals surface area (Å²) in [7, 11) is 1.60. The van der Waals surface area contributed by atoms with E-state index in [1.807, 2.05) is 35.8 Å². The van der Waals surface area contributed by atoms with Crippen molar-refractivity contribution >= 4 is 40.0 Å². The summed E-state index contributed by atoms with van der Waals surface area (Å²) in [4.78, 5) is 33.4. The number of carbonyl (C=O) groups is 2. The molecule has 1 aromatic heterocycles. The Morgan fingerprint density at radius 1 is 1.40 bits per heavy atom. The summed E-state index contributed by atoms with van der Waals surface area (Å²) in [6, 6.07) is 3.91. The lowest BCUT2D eigenvalue weighted by Gasteiger charge is -2.42. The van der Waals surface area contributed by atoms with Gasteiger partial charge in [-0.2, -0.15) is 0 Å². The Morgan fingerprint density at radius 3 is 2.83 bits per heavy atom. The monoisotopic (exact) mass is 516 g/mol. The predicted octanol–water partition coefficient (Wildman–Crippen LogP) is 4.06. The quantitative estimate of drug-likeness (QED) is 0.486. The highest BCUT2D eigenvalue weighted by Crippen LogP contribution is 2.41. The second-order valence-electron chi connectivity index (χ2n) is 8.88. The number of aromatic nitrogens is 1. The van der Waals surface area contributed by atoms with E-state index < -0.39 is 6.23 Å². The van der Waals surface area contributed by atoms with Crippen LogP contribution in [-0.4, -0.2) is 64.5 Å². The maximum Gasteiger partial charge on any atom is 0.246 e. The molecular formula is C25H32N4O4S2. The van der Waals surface area contributed by atoms with E-state index >= 15 is 0 Å². The van der Waals surface area contributed by atoms with Gasteiger partial charge >= 0.3 is 0 Å². The highest BCUT2D eigenvalue weighted by molar-refractivity contribution is 8.01. The number of rotatable bonds is 9. The maximum atomic E-state index is 12.2. The molecule has 2 heterocycles. The number of hydrogen-bond acceptors (Lipinski definition) is 8. The lowest BCUT2D eigenvalue weighted by atomic mass is 10.0. The molecule has 10 heteroatoms. The van der Waals surface area contributed by atoms with Gasteiger partial charge in [0.25, 0.3) is 0 Å². The standard InChI is InChI=1S/C25H32N4O4S2/c1-5-17-14-28(9-10-29(17)21(30)6-2)24(32)18-12-20(15(3)11-19(18)33-4)34-22-13-26-25(35-22)27-23(31)16-7-8-16/h6,11-13,16-17,24,32H,2,5,7-10,14H2,1,3-4H3,(H,26,27,31)/t17-,24?/m1/s1. The summed E-state index contributed by atoms with van der Waals surface area (Å²) >= 11 is 2.99. The van der Waals surface area contributed by atoms with Gasteiger partial charge in [0.2, 0.25) is 11.8 Å². The summed E-state index contributed by atoms with van der Waals surface area (Å²) in [6.07, 6.45) is 4.94. The normalized spacial score (nSPS) is 19.3. The van der Waals surface area contributed by atoms with Crippen LogP contribution in [-0.2, 0) is 9.59 Å². The fraction of sp³-hybridized carbons (Fsp3) is 0.480. The summed E-state index contributed by atoms with van der Waals surface area (Å²) in [6.45, 7) is 9.31. The molecule has 1 aromatic carbocycles. The smallest absolute Gasteiger partial charge is 0.246 e. The molecule has 2 amide bonds. The first-order valence-corrected chi connectivity index (χ1v) is 13.5. The third-order valence-electron chi connectivity index (χ3n) is 6.47. The van der Waals surface area contributed by atoms with E-state index in [0.717, 1.165) is 33.9 Å². The van der Waals surface area contributed by atoms with Gasteiger partial charge in [-0.15, -0.1) is 0 Å². The minimum Gasteiger partial charge on any atom is -0.496 e. The lowest BCUT2D eigenvalue weighted by Crippen LogP contribution is -2.55. The molecule has 1 aliphatic heterocycles. The van der Waals surface area contributed by atoms with Crippen molar-refractivity contribution in [3.8, 4) is 5.75 Å². The number of aliphatic hydroxyl groups is 1. The molecule has 8 nitrogen and oxygen atoms in total. The fourth-order valence-corrected chi connectivity index (χ4v) is 6.20. The Labute approximate surface area is 214 Å². The first-order chi connectivity index (χ1) is 16.8. The number of hydrogen-bond donors (Lipinski definition) is 2. The van der Waals surface area contributed by atoms with Crippen LogP contribution in [0.2, 0.25) is 0 Å². The van der Waals surface area contributed by atoms with E-state index in [9.17, 15) is 14.7 Å². The molecule has 4 rings (SSSR count). The molecule has 1 saturated carbocycles. The summed E-state index contributed by atoms with van der Waals surface area (Å²) in [5.74, 6) is 0.725. The number of thiazole rings is 1. The van der Waals surface area contributed by atoms with Crippen molar-refractivity contribution in [1.82, 2.24) is 14.8 Å². The van der Waals surface area contributed by atoms with Crippen LogP contribution in [0.25, 0.3) is 0 Å². The molecule has 1 aliphatic carbocycles. The predicted molar refractivity (Wildman–Crippen MR) is 138 cm³/mol. The SMILES string of the molecule is C=CC(=O)N1CCN(C(O)c2cc(Sc3cnc(NC(=O)C4CC4)s3)c(C)cc2OC)C[C@H]1CC. The van der Waals surface area contributed by atoms with Crippen LogP contribution in [0.5, 0.6) is 5.75 Å². The van der Waals surface area contributed by atoms with Crippen LogP contribution in [0.3, 0.4) is 0 Å². The van der Waals surface area contributed by atoms with E-state index in [1.54, 1.807) is 25.1 Å².